The first-order valence-electron chi connectivity index (χ1n) is 7.97. The Hall–Kier alpha value is -2.03. The van der Waals surface area contributed by atoms with E-state index < -0.39 is 10.5 Å². The second kappa shape index (κ2) is 7.07. The number of rotatable bonds is 2. The smallest absolute Gasteiger partial charge is 0.410 e. The molecule has 1 saturated heterocycles. The molecule has 2 rings (SSSR count). The first kappa shape index (κ1) is 19.3. The Morgan fingerprint density at radius 2 is 2.04 bits per heavy atom. The molecule has 1 unspecified atom stereocenters. The third-order valence-corrected chi connectivity index (χ3v) is 4.52. The largest absolute Gasteiger partial charge is 0.444 e. The summed E-state index contributed by atoms with van der Waals surface area (Å²) >= 11 is 3.39. The predicted molar refractivity (Wildman–Crippen MR) is 99.8 cm³/mol. The Balaban J connectivity index is 2.15. The molecule has 1 aliphatic rings. The standard InChI is InChI=1S/C16H23BrN4O4/c1-10-9-19(15(22)25-16(2,3)4)5-6-20(10)13-8-12(18)14(21(23)24)7-11(13)17/h7-8,10H,5-6,9,18H2,1-4H3. The summed E-state index contributed by atoms with van der Waals surface area (Å²) in [4.78, 5) is 26.5. The summed E-state index contributed by atoms with van der Waals surface area (Å²) in [7, 11) is 0. The molecular formula is C16H23BrN4O4. The van der Waals surface area contributed by atoms with E-state index in [-0.39, 0.29) is 23.5 Å². The zero-order valence-corrected chi connectivity index (χ0v) is 16.4. The summed E-state index contributed by atoms with van der Waals surface area (Å²) in [5, 5.41) is 11.0. The number of anilines is 2. The maximum Gasteiger partial charge on any atom is 0.410 e. The number of halogens is 1. The van der Waals surface area contributed by atoms with Gasteiger partial charge in [-0.15, -0.1) is 0 Å². The van der Waals surface area contributed by atoms with Crippen molar-refractivity contribution in [2.24, 2.45) is 0 Å². The molecule has 0 aromatic heterocycles. The van der Waals surface area contributed by atoms with Gasteiger partial charge in [-0.05, 0) is 49.7 Å². The van der Waals surface area contributed by atoms with Crippen LogP contribution in [0.15, 0.2) is 16.6 Å². The van der Waals surface area contributed by atoms with Gasteiger partial charge in [0.2, 0.25) is 0 Å². The van der Waals surface area contributed by atoms with Crippen molar-refractivity contribution in [1.29, 1.82) is 0 Å². The van der Waals surface area contributed by atoms with Crippen LogP contribution in [0.2, 0.25) is 0 Å². The number of nitro groups is 1. The van der Waals surface area contributed by atoms with Crippen LogP contribution in [0, 0.1) is 10.1 Å². The number of nitrogen functional groups attached to an aromatic ring is 1. The molecular weight excluding hydrogens is 392 g/mol. The molecule has 1 heterocycles. The van der Waals surface area contributed by atoms with E-state index in [0.717, 1.165) is 5.69 Å². The molecule has 1 amide bonds. The van der Waals surface area contributed by atoms with Crippen LogP contribution in [0.3, 0.4) is 0 Å². The molecule has 1 aromatic carbocycles. The minimum atomic E-state index is -0.534. The number of nitrogens with zero attached hydrogens (tertiary/aromatic N) is 3. The van der Waals surface area contributed by atoms with Crippen molar-refractivity contribution in [3.8, 4) is 0 Å². The molecule has 1 aliphatic heterocycles. The van der Waals surface area contributed by atoms with Gasteiger partial charge in [0.05, 0.1) is 10.6 Å². The second-order valence-corrected chi connectivity index (χ2v) is 7.94. The molecule has 0 radical (unpaired) electrons. The van der Waals surface area contributed by atoms with E-state index in [2.05, 4.69) is 20.8 Å². The molecule has 1 fully saturated rings. The third-order valence-electron chi connectivity index (χ3n) is 3.88. The van der Waals surface area contributed by atoms with Crippen LogP contribution in [-0.4, -0.2) is 47.2 Å². The van der Waals surface area contributed by atoms with Gasteiger partial charge in [-0.1, -0.05) is 0 Å². The van der Waals surface area contributed by atoms with Crippen molar-refractivity contribution in [2.75, 3.05) is 30.3 Å². The van der Waals surface area contributed by atoms with Crippen molar-refractivity contribution in [3.63, 3.8) is 0 Å². The van der Waals surface area contributed by atoms with Crippen molar-refractivity contribution < 1.29 is 14.5 Å². The van der Waals surface area contributed by atoms with Gasteiger partial charge in [0.15, 0.2) is 0 Å². The lowest BCUT2D eigenvalue weighted by Gasteiger charge is -2.41. The number of piperazine rings is 1. The van der Waals surface area contributed by atoms with Crippen LogP contribution in [0.1, 0.15) is 27.7 Å². The van der Waals surface area contributed by atoms with Gasteiger partial charge >= 0.3 is 6.09 Å². The van der Waals surface area contributed by atoms with Crippen LogP contribution in [0.25, 0.3) is 0 Å². The zero-order valence-electron chi connectivity index (χ0n) is 14.8. The van der Waals surface area contributed by atoms with Gasteiger partial charge in [0.25, 0.3) is 5.69 Å². The van der Waals surface area contributed by atoms with Crippen molar-refractivity contribution in [1.82, 2.24) is 4.90 Å². The summed E-state index contributed by atoms with van der Waals surface area (Å²) in [6.45, 7) is 9.07. The quantitative estimate of drug-likeness (QED) is 0.451. The first-order valence-corrected chi connectivity index (χ1v) is 8.77. The fourth-order valence-electron chi connectivity index (χ4n) is 2.75. The Kier molecular flexibility index (Phi) is 5.46. The number of ether oxygens (including phenoxy) is 1. The number of carbonyl (C=O) groups is 1. The molecule has 2 N–H and O–H groups in total. The number of nitrogens with two attached hydrogens (primary N) is 1. The fraction of sp³-hybridized carbons (Fsp3) is 0.562. The summed E-state index contributed by atoms with van der Waals surface area (Å²) in [6, 6.07) is 3.03. The Labute approximate surface area is 155 Å². The first-order chi connectivity index (χ1) is 11.5. The molecule has 138 valence electrons. The SMILES string of the molecule is CC1CN(C(=O)OC(C)(C)C)CCN1c1cc(N)c([N+](=O)[O-])cc1Br. The monoisotopic (exact) mass is 414 g/mol. The lowest BCUT2D eigenvalue weighted by Crippen LogP contribution is -2.54. The molecule has 1 atom stereocenters. The normalized spacial score (nSPS) is 18.2. The molecule has 25 heavy (non-hydrogen) atoms. The average molecular weight is 415 g/mol. The third kappa shape index (κ3) is 4.53. The summed E-state index contributed by atoms with van der Waals surface area (Å²) in [6.07, 6.45) is -0.332. The number of amides is 1. The van der Waals surface area contributed by atoms with E-state index in [4.69, 9.17) is 10.5 Å². The highest BCUT2D eigenvalue weighted by atomic mass is 79.9. The Morgan fingerprint density at radius 3 is 2.56 bits per heavy atom. The number of carbonyl (C=O) groups excluding carboxylic acids is 1. The Morgan fingerprint density at radius 1 is 1.40 bits per heavy atom. The summed E-state index contributed by atoms with van der Waals surface area (Å²) < 4.78 is 6.02. The number of hydrogen-bond donors (Lipinski definition) is 1. The van der Waals surface area contributed by atoms with Gasteiger partial charge in [0, 0.05) is 36.2 Å². The van der Waals surface area contributed by atoms with Crippen LogP contribution in [0.4, 0.5) is 21.9 Å². The van der Waals surface area contributed by atoms with E-state index in [9.17, 15) is 14.9 Å². The lowest BCUT2D eigenvalue weighted by atomic mass is 10.1. The van der Waals surface area contributed by atoms with Crippen LogP contribution < -0.4 is 10.6 Å². The summed E-state index contributed by atoms with van der Waals surface area (Å²) in [5.41, 5.74) is 6.04. The highest BCUT2D eigenvalue weighted by Gasteiger charge is 2.31. The van der Waals surface area contributed by atoms with Crippen molar-refractivity contribution in [3.05, 3.63) is 26.7 Å². The van der Waals surface area contributed by atoms with E-state index in [1.54, 1.807) is 11.0 Å². The molecule has 0 aliphatic carbocycles. The molecule has 8 nitrogen and oxygen atoms in total. The maximum atomic E-state index is 12.2. The van der Waals surface area contributed by atoms with Gasteiger partial charge in [-0.25, -0.2) is 4.79 Å². The minimum Gasteiger partial charge on any atom is -0.444 e. The topological polar surface area (TPSA) is 102 Å². The number of nitro benzene ring substituents is 1. The average Bonchev–Trinajstić information content (AvgIpc) is 2.47. The van der Waals surface area contributed by atoms with Gasteiger partial charge in [-0.3, -0.25) is 10.1 Å². The van der Waals surface area contributed by atoms with Crippen molar-refractivity contribution >= 4 is 39.1 Å². The number of benzene rings is 1. The highest BCUT2D eigenvalue weighted by molar-refractivity contribution is 9.10. The van der Waals surface area contributed by atoms with Crippen molar-refractivity contribution in [2.45, 2.75) is 39.3 Å². The van der Waals surface area contributed by atoms with E-state index in [0.29, 0.717) is 24.1 Å². The zero-order chi connectivity index (χ0) is 18.9. The van der Waals surface area contributed by atoms with Gasteiger partial charge in [0.1, 0.15) is 11.3 Å². The Bertz CT molecular complexity index is 689. The highest BCUT2D eigenvalue weighted by Crippen LogP contribution is 2.36. The minimum absolute atomic E-state index is 0.0124. The van der Waals surface area contributed by atoms with Crippen LogP contribution >= 0.6 is 15.9 Å². The molecule has 0 bridgehead atoms. The molecule has 0 spiro atoms. The van der Waals surface area contributed by atoms with E-state index in [1.807, 2.05) is 27.7 Å². The molecule has 1 aromatic rings. The molecule has 9 heteroatoms. The fourth-order valence-corrected chi connectivity index (χ4v) is 3.31. The lowest BCUT2D eigenvalue weighted by molar-refractivity contribution is -0.384. The summed E-state index contributed by atoms with van der Waals surface area (Å²) in [5.74, 6) is 0. The van der Waals surface area contributed by atoms with E-state index >= 15 is 0 Å². The predicted octanol–water partition coefficient (Wildman–Crippen LogP) is 3.39. The maximum absolute atomic E-state index is 12.2. The van der Waals surface area contributed by atoms with E-state index in [1.165, 1.54) is 6.07 Å². The second-order valence-electron chi connectivity index (χ2n) is 7.09. The number of hydrogen-bond acceptors (Lipinski definition) is 6. The van der Waals surface area contributed by atoms with Crippen LogP contribution in [0.5, 0.6) is 0 Å². The van der Waals surface area contributed by atoms with Crippen LogP contribution in [-0.2, 0) is 4.74 Å². The molecule has 0 saturated carbocycles. The van der Waals surface area contributed by atoms with Gasteiger partial charge in [-0.2, -0.15) is 0 Å². The van der Waals surface area contributed by atoms with Gasteiger partial charge < -0.3 is 20.3 Å².